The Kier molecular flexibility index (Phi) is 4.97. The molecule has 0 amide bonds. The zero-order valence-corrected chi connectivity index (χ0v) is 16.9. The zero-order valence-electron chi connectivity index (χ0n) is 16.9. The maximum atomic E-state index is 5.88. The summed E-state index contributed by atoms with van der Waals surface area (Å²) >= 11 is 0. The Morgan fingerprint density at radius 3 is 2.80 bits per heavy atom. The summed E-state index contributed by atoms with van der Waals surface area (Å²) in [5, 5.41) is 8.61. The number of hydrogen-bond acceptors (Lipinski definition) is 8. The second-order valence-corrected chi connectivity index (χ2v) is 7.37. The van der Waals surface area contributed by atoms with Gasteiger partial charge in [-0.2, -0.15) is 0 Å². The minimum absolute atomic E-state index is 0.151. The van der Waals surface area contributed by atoms with Gasteiger partial charge in [0.15, 0.2) is 16.9 Å². The van der Waals surface area contributed by atoms with Crippen LogP contribution in [0.25, 0.3) is 22.6 Å². The number of hydrogen-bond donors (Lipinski definition) is 0. The number of aryl methyl sites for hydroxylation is 2. The molecule has 0 aromatic carbocycles. The number of ether oxygens (including phenoxy) is 2. The lowest BCUT2D eigenvalue weighted by atomic mass is 10.2. The van der Waals surface area contributed by atoms with E-state index >= 15 is 0 Å². The predicted molar refractivity (Wildman–Crippen MR) is 108 cm³/mol. The SMILES string of the molecule is Cc1nc(-c2ccc(C)o2)c2nnn(Cc3cccc(CO[C@@H]4CCOC4)n3)c2n1. The predicted octanol–water partition coefficient (Wildman–Crippen LogP) is 2.85. The number of aromatic nitrogens is 6. The number of nitrogens with zero attached hydrogens (tertiary/aromatic N) is 6. The molecule has 0 N–H and O–H groups in total. The highest BCUT2D eigenvalue weighted by molar-refractivity contribution is 5.85. The van der Waals surface area contributed by atoms with Crippen molar-refractivity contribution < 1.29 is 13.9 Å². The van der Waals surface area contributed by atoms with Gasteiger partial charge in [-0.25, -0.2) is 14.6 Å². The molecular formula is C21H22N6O3. The van der Waals surface area contributed by atoms with Crippen molar-refractivity contribution in [1.82, 2.24) is 29.9 Å². The summed E-state index contributed by atoms with van der Waals surface area (Å²) in [6, 6.07) is 9.68. The van der Waals surface area contributed by atoms with Crippen molar-refractivity contribution in [2.75, 3.05) is 13.2 Å². The van der Waals surface area contributed by atoms with E-state index in [1.54, 1.807) is 4.68 Å². The summed E-state index contributed by atoms with van der Waals surface area (Å²) in [6.07, 6.45) is 1.08. The minimum Gasteiger partial charge on any atom is -0.460 e. The monoisotopic (exact) mass is 406 g/mol. The van der Waals surface area contributed by atoms with Gasteiger partial charge >= 0.3 is 0 Å². The van der Waals surface area contributed by atoms with Crippen LogP contribution in [0.2, 0.25) is 0 Å². The summed E-state index contributed by atoms with van der Waals surface area (Å²) < 4.78 is 18.7. The first-order valence-corrected chi connectivity index (χ1v) is 9.94. The highest BCUT2D eigenvalue weighted by atomic mass is 16.5. The fraction of sp³-hybridized carbons (Fsp3) is 0.381. The van der Waals surface area contributed by atoms with Gasteiger partial charge in [-0.15, -0.1) is 5.10 Å². The van der Waals surface area contributed by atoms with Crippen LogP contribution in [0.3, 0.4) is 0 Å². The lowest BCUT2D eigenvalue weighted by molar-refractivity contribution is 0.0301. The number of fused-ring (bicyclic) bond motifs is 1. The van der Waals surface area contributed by atoms with Crippen LogP contribution in [-0.2, 0) is 22.6 Å². The van der Waals surface area contributed by atoms with Gasteiger partial charge in [0.2, 0.25) is 0 Å². The Bertz CT molecular complexity index is 1180. The molecule has 1 fully saturated rings. The summed E-state index contributed by atoms with van der Waals surface area (Å²) in [7, 11) is 0. The Balaban J connectivity index is 1.40. The van der Waals surface area contributed by atoms with Gasteiger partial charge in [0.1, 0.15) is 17.3 Å². The van der Waals surface area contributed by atoms with Crippen molar-refractivity contribution in [3.63, 3.8) is 0 Å². The Morgan fingerprint density at radius 1 is 1.10 bits per heavy atom. The van der Waals surface area contributed by atoms with Crippen molar-refractivity contribution in [3.8, 4) is 11.5 Å². The van der Waals surface area contributed by atoms with Gasteiger partial charge in [-0.05, 0) is 44.5 Å². The fourth-order valence-corrected chi connectivity index (χ4v) is 3.50. The van der Waals surface area contributed by atoms with Crippen LogP contribution in [-0.4, -0.2) is 49.3 Å². The molecule has 9 heteroatoms. The molecule has 1 aliphatic heterocycles. The van der Waals surface area contributed by atoms with E-state index in [4.69, 9.17) is 18.9 Å². The van der Waals surface area contributed by atoms with Crippen LogP contribution >= 0.6 is 0 Å². The molecule has 30 heavy (non-hydrogen) atoms. The van der Waals surface area contributed by atoms with E-state index in [1.807, 2.05) is 44.2 Å². The molecule has 154 valence electrons. The van der Waals surface area contributed by atoms with E-state index in [0.29, 0.717) is 48.2 Å². The van der Waals surface area contributed by atoms with Crippen LogP contribution in [0.5, 0.6) is 0 Å². The number of pyridine rings is 1. The number of rotatable bonds is 6. The molecule has 4 aromatic rings. The molecule has 0 aliphatic carbocycles. The fourth-order valence-electron chi connectivity index (χ4n) is 3.50. The molecule has 4 aromatic heterocycles. The van der Waals surface area contributed by atoms with Gasteiger partial charge in [0.25, 0.3) is 0 Å². The Hall–Kier alpha value is -3.17. The van der Waals surface area contributed by atoms with Gasteiger partial charge in [0.05, 0.1) is 37.3 Å². The summed E-state index contributed by atoms with van der Waals surface area (Å²) in [5.74, 6) is 2.10. The van der Waals surface area contributed by atoms with E-state index in [9.17, 15) is 0 Å². The highest BCUT2D eigenvalue weighted by Crippen LogP contribution is 2.26. The average Bonchev–Trinajstić information content (AvgIpc) is 3.48. The highest BCUT2D eigenvalue weighted by Gasteiger charge is 2.18. The van der Waals surface area contributed by atoms with Crippen molar-refractivity contribution in [1.29, 1.82) is 0 Å². The topological polar surface area (TPSA) is 101 Å². The minimum atomic E-state index is 0.151. The lowest BCUT2D eigenvalue weighted by Crippen LogP contribution is -2.13. The normalized spacial score (nSPS) is 16.5. The quantitative estimate of drug-likeness (QED) is 0.482. The molecule has 5 heterocycles. The maximum Gasteiger partial charge on any atom is 0.183 e. The summed E-state index contributed by atoms with van der Waals surface area (Å²) in [5.41, 5.74) is 3.64. The van der Waals surface area contributed by atoms with Crippen LogP contribution in [0.4, 0.5) is 0 Å². The first-order valence-electron chi connectivity index (χ1n) is 9.94. The standard InChI is InChI=1S/C21H22N6O3/c1-13-6-7-18(30-13)19-20-21(23-14(2)22-19)27(26-25-20)10-15-4-3-5-16(24-15)11-29-17-8-9-28-12-17/h3-7,17H,8-12H2,1-2H3/t17-/m1/s1. The number of furan rings is 1. The summed E-state index contributed by atoms with van der Waals surface area (Å²) in [6.45, 7) is 6.07. The van der Waals surface area contributed by atoms with Gasteiger partial charge in [-0.3, -0.25) is 4.98 Å². The first-order chi connectivity index (χ1) is 14.7. The van der Waals surface area contributed by atoms with Crippen molar-refractivity contribution in [2.24, 2.45) is 0 Å². The van der Waals surface area contributed by atoms with E-state index in [-0.39, 0.29) is 6.10 Å². The Labute approximate surface area is 173 Å². The van der Waals surface area contributed by atoms with E-state index in [1.165, 1.54) is 0 Å². The van der Waals surface area contributed by atoms with Crippen LogP contribution in [0.1, 0.15) is 29.4 Å². The van der Waals surface area contributed by atoms with Crippen LogP contribution in [0, 0.1) is 13.8 Å². The largest absolute Gasteiger partial charge is 0.460 e. The molecule has 0 saturated carbocycles. The second-order valence-electron chi connectivity index (χ2n) is 7.37. The third-order valence-corrected chi connectivity index (χ3v) is 4.98. The molecule has 0 radical (unpaired) electrons. The molecular weight excluding hydrogens is 384 g/mol. The lowest BCUT2D eigenvalue weighted by Gasteiger charge is -2.10. The molecule has 1 aliphatic rings. The third kappa shape index (κ3) is 3.81. The van der Waals surface area contributed by atoms with E-state index in [2.05, 4.69) is 20.3 Å². The second kappa shape index (κ2) is 7.92. The smallest absolute Gasteiger partial charge is 0.183 e. The zero-order chi connectivity index (χ0) is 20.5. The van der Waals surface area contributed by atoms with E-state index in [0.717, 1.165) is 30.2 Å². The molecule has 1 atom stereocenters. The molecule has 1 saturated heterocycles. The van der Waals surface area contributed by atoms with Crippen molar-refractivity contribution in [2.45, 2.75) is 39.5 Å². The van der Waals surface area contributed by atoms with Crippen LogP contribution in [0.15, 0.2) is 34.7 Å². The third-order valence-electron chi connectivity index (χ3n) is 4.98. The van der Waals surface area contributed by atoms with Gasteiger partial charge in [0, 0.05) is 6.61 Å². The van der Waals surface area contributed by atoms with Crippen molar-refractivity contribution in [3.05, 3.63) is 53.3 Å². The van der Waals surface area contributed by atoms with E-state index < -0.39 is 0 Å². The average molecular weight is 406 g/mol. The molecule has 9 nitrogen and oxygen atoms in total. The molecule has 5 rings (SSSR count). The molecule has 0 unspecified atom stereocenters. The van der Waals surface area contributed by atoms with Crippen molar-refractivity contribution >= 4 is 11.2 Å². The van der Waals surface area contributed by atoms with Gasteiger partial charge in [-0.1, -0.05) is 11.3 Å². The van der Waals surface area contributed by atoms with Gasteiger partial charge < -0.3 is 13.9 Å². The van der Waals surface area contributed by atoms with Crippen LogP contribution < -0.4 is 0 Å². The molecule has 0 spiro atoms. The Morgan fingerprint density at radius 2 is 2.00 bits per heavy atom. The maximum absolute atomic E-state index is 5.88. The molecule has 0 bridgehead atoms. The first kappa shape index (κ1) is 18.8. The summed E-state index contributed by atoms with van der Waals surface area (Å²) in [4.78, 5) is 13.8.